The number of cyclic esters (lactones) is 1. The van der Waals surface area contributed by atoms with Crippen LogP contribution in [0.4, 0.5) is 9.18 Å². The van der Waals surface area contributed by atoms with Crippen LogP contribution in [0.3, 0.4) is 0 Å². The molecule has 0 radical (unpaired) electrons. The van der Waals surface area contributed by atoms with Gasteiger partial charge in [0.15, 0.2) is 0 Å². The number of ether oxygens (including phenoxy) is 2. The maximum atomic E-state index is 13.6. The van der Waals surface area contributed by atoms with Crippen LogP contribution in [0.15, 0.2) is 48.7 Å². The van der Waals surface area contributed by atoms with E-state index in [0.717, 1.165) is 42.5 Å². The second kappa shape index (κ2) is 10.4. The Bertz CT molecular complexity index is 1130. The third-order valence-electron chi connectivity index (χ3n) is 8.18. The molecule has 2 heterocycles. The number of hydrogen-bond donors (Lipinski definition) is 1. The van der Waals surface area contributed by atoms with Crippen molar-refractivity contribution in [3.05, 3.63) is 60.2 Å². The number of nitrogens with zero attached hydrogens (tertiary/aromatic N) is 1. The summed E-state index contributed by atoms with van der Waals surface area (Å²) in [5.41, 5.74) is 2.48. The van der Waals surface area contributed by atoms with Crippen molar-refractivity contribution in [1.29, 1.82) is 0 Å². The maximum absolute atomic E-state index is 13.6. The molecule has 1 amide bonds. The van der Waals surface area contributed by atoms with Crippen LogP contribution in [0.2, 0.25) is 0 Å². The summed E-state index contributed by atoms with van der Waals surface area (Å²) in [6.07, 6.45) is 9.07. The van der Waals surface area contributed by atoms with Crippen molar-refractivity contribution in [2.75, 3.05) is 6.61 Å². The number of fused-ring (bicyclic) bond motifs is 2. The Morgan fingerprint density at radius 2 is 2.08 bits per heavy atom. The van der Waals surface area contributed by atoms with Gasteiger partial charge in [-0.15, -0.1) is 0 Å². The van der Waals surface area contributed by atoms with Gasteiger partial charge in [-0.2, -0.15) is 0 Å². The number of esters is 1. The van der Waals surface area contributed by atoms with E-state index in [9.17, 15) is 14.0 Å². The van der Waals surface area contributed by atoms with Crippen LogP contribution in [0.5, 0.6) is 0 Å². The summed E-state index contributed by atoms with van der Waals surface area (Å²) in [5, 5.41) is 3.00. The molecule has 3 fully saturated rings. The monoisotopic (exact) mass is 492 g/mol. The highest BCUT2D eigenvalue weighted by Crippen LogP contribution is 2.53. The van der Waals surface area contributed by atoms with Crippen LogP contribution in [-0.2, 0) is 14.3 Å². The largest absolute Gasteiger partial charge is 0.462 e. The van der Waals surface area contributed by atoms with Gasteiger partial charge < -0.3 is 14.8 Å². The summed E-state index contributed by atoms with van der Waals surface area (Å²) >= 11 is 0. The average molecular weight is 493 g/mol. The molecule has 36 heavy (non-hydrogen) atoms. The quantitative estimate of drug-likeness (QED) is 0.548. The topological polar surface area (TPSA) is 77.5 Å². The summed E-state index contributed by atoms with van der Waals surface area (Å²) in [7, 11) is 0. The van der Waals surface area contributed by atoms with Gasteiger partial charge in [0, 0.05) is 23.7 Å². The maximum Gasteiger partial charge on any atom is 0.407 e. The lowest BCUT2D eigenvalue weighted by Crippen LogP contribution is -2.48. The number of aromatic nitrogens is 1. The van der Waals surface area contributed by atoms with E-state index in [4.69, 9.17) is 9.47 Å². The Hall–Kier alpha value is -3.22. The third kappa shape index (κ3) is 5.01. The second-order valence-electron chi connectivity index (χ2n) is 10.3. The fraction of sp³-hybridized carbons (Fsp3) is 0.483. The lowest BCUT2D eigenvalue weighted by Gasteiger charge is -2.47. The molecule has 0 unspecified atom stereocenters. The van der Waals surface area contributed by atoms with Gasteiger partial charge >= 0.3 is 12.1 Å². The molecular formula is C29H33FN2O4. The fourth-order valence-electron chi connectivity index (χ4n) is 6.64. The molecule has 1 N–H and O–H groups in total. The highest BCUT2D eigenvalue weighted by molar-refractivity contribution is 5.75. The fourth-order valence-corrected chi connectivity index (χ4v) is 6.64. The number of halogens is 1. The van der Waals surface area contributed by atoms with Gasteiger partial charge in [-0.1, -0.05) is 24.3 Å². The van der Waals surface area contributed by atoms with Crippen LogP contribution in [0.25, 0.3) is 17.2 Å². The zero-order valence-corrected chi connectivity index (χ0v) is 20.7. The van der Waals surface area contributed by atoms with Crippen molar-refractivity contribution in [2.45, 2.75) is 51.7 Å². The van der Waals surface area contributed by atoms with E-state index in [0.29, 0.717) is 18.4 Å². The lowest BCUT2D eigenvalue weighted by molar-refractivity contribution is -0.144. The van der Waals surface area contributed by atoms with Gasteiger partial charge in [0.05, 0.1) is 18.2 Å². The molecule has 2 aliphatic carbocycles. The van der Waals surface area contributed by atoms with E-state index in [1.807, 2.05) is 31.2 Å². The number of hydrogen-bond acceptors (Lipinski definition) is 5. The second-order valence-corrected chi connectivity index (χ2v) is 10.3. The molecular weight excluding hydrogens is 459 g/mol. The lowest BCUT2D eigenvalue weighted by atomic mass is 9.57. The normalized spacial score (nSPS) is 31.4. The number of pyridine rings is 1. The Morgan fingerprint density at radius 3 is 2.83 bits per heavy atom. The molecule has 1 aliphatic heterocycles. The van der Waals surface area contributed by atoms with Crippen molar-refractivity contribution < 1.29 is 23.5 Å². The van der Waals surface area contributed by atoms with Gasteiger partial charge in [0.1, 0.15) is 11.9 Å². The Morgan fingerprint density at radius 1 is 1.22 bits per heavy atom. The number of allylic oxidation sites excluding steroid dienone is 1. The van der Waals surface area contributed by atoms with Crippen molar-refractivity contribution in [1.82, 2.24) is 10.3 Å². The van der Waals surface area contributed by atoms with E-state index in [-0.39, 0.29) is 47.8 Å². The van der Waals surface area contributed by atoms with E-state index < -0.39 is 0 Å². The Kier molecular flexibility index (Phi) is 7.08. The number of amides is 1. The van der Waals surface area contributed by atoms with Crippen molar-refractivity contribution in [2.24, 2.45) is 29.6 Å². The van der Waals surface area contributed by atoms with E-state index >= 15 is 0 Å². The molecule has 2 saturated carbocycles. The van der Waals surface area contributed by atoms with E-state index in [1.54, 1.807) is 19.2 Å². The van der Waals surface area contributed by atoms with E-state index in [2.05, 4.69) is 16.4 Å². The summed E-state index contributed by atoms with van der Waals surface area (Å²) in [5.74, 6) is 0.629. The predicted molar refractivity (Wildman–Crippen MR) is 134 cm³/mol. The Balaban J connectivity index is 1.34. The van der Waals surface area contributed by atoms with Crippen molar-refractivity contribution in [3.8, 4) is 11.1 Å². The molecule has 1 aromatic heterocycles. The smallest absolute Gasteiger partial charge is 0.407 e. The molecule has 7 heteroatoms. The zero-order valence-electron chi connectivity index (χ0n) is 20.7. The van der Waals surface area contributed by atoms with Gasteiger partial charge in [-0.05, 0) is 87.1 Å². The van der Waals surface area contributed by atoms with Crippen molar-refractivity contribution in [3.63, 3.8) is 0 Å². The highest BCUT2D eigenvalue weighted by atomic mass is 19.1. The standard InChI is InChI=1S/C29H33FN2O4/c1-3-35-29(34)32-23-10-11-24-20(14-23)15-26-27(17(2)36-28(26)33)25(24)12-9-22-8-7-19(16-31-22)18-5-4-6-21(30)13-18/h4-9,12-13,16-17,20,23-27H,3,10-11,14-15H2,1-2H3,(H,32,34)/t17-,20-,23+,24+,25-,26-,27-/m0/s1. The van der Waals surface area contributed by atoms with Gasteiger partial charge in [0.25, 0.3) is 0 Å². The number of alkyl carbamates (subject to hydrolysis) is 1. The molecule has 2 aromatic rings. The Labute approximate surface area is 211 Å². The first-order valence-electron chi connectivity index (χ1n) is 13.0. The van der Waals surface area contributed by atoms with Crippen LogP contribution < -0.4 is 5.32 Å². The molecule has 0 spiro atoms. The first-order chi connectivity index (χ1) is 17.4. The SMILES string of the molecule is CCOC(=O)N[C@@H]1CC[C@@H]2[C@@H](C1)C[C@@H]1C(=O)O[C@@H](C)[C@H]1[C@H]2C=Cc1ccc(-c2cccc(F)c2)cn1. The zero-order chi connectivity index (χ0) is 25.2. The summed E-state index contributed by atoms with van der Waals surface area (Å²) < 4.78 is 24.3. The first kappa shape index (κ1) is 24.5. The average Bonchev–Trinajstić information content (AvgIpc) is 3.15. The van der Waals surface area contributed by atoms with Crippen LogP contribution >= 0.6 is 0 Å². The van der Waals surface area contributed by atoms with E-state index in [1.165, 1.54) is 12.1 Å². The molecule has 5 rings (SSSR count). The molecule has 7 atom stereocenters. The van der Waals surface area contributed by atoms with Gasteiger partial charge in [0.2, 0.25) is 0 Å². The molecule has 190 valence electrons. The van der Waals surface area contributed by atoms with Crippen LogP contribution in [0.1, 0.15) is 45.2 Å². The molecule has 6 nitrogen and oxygen atoms in total. The van der Waals surface area contributed by atoms with Crippen LogP contribution in [-0.4, -0.2) is 35.8 Å². The minimum absolute atomic E-state index is 0.0679. The third-order valence-corrected chi connectivity index (χ3v) is 8.18. The van der Waals surface area contributed by atoms with Gasteiger partial charge in [-0.3, -0.25) is 9.78 Å². The number of rotatable bonds is 5. The minimum atomic E-state index is -0.368. The highest BCUT2D eigenvalue weighted by Gasteiger charge is 2.54. The number of carbonyl (C=O) groups is 2. The number of carbonyl (C=O) groups excluding carboxylic acids is 2. The molecule has 0 bridgehead atoms. The summed E-state index contributed by atoms with van der Waals surface area (Å²) in [4.78, 5) is 29.2. The first-order valence-corrected chi connectivity index (χ1v) is 13.0. The molecule has 1 saturated heterocycles. The minimum Gasteiger partial charge on any atom is -0.462 e. The summed E-state index contributed by atoms with van der Waals surface area (Å²) in [6.45, 7) is 4.15. The molecule has 1 aromatic carbocycles. The summed E-state index contributed by atoms with van der Waals surface area (Å²) in [6, 6.07) is 10.4. The predicted octanol–water partition coefficient (Wildman–Crippen LogP) is 5.63. The molecule has 3 aliphatic rings. The number of benzene rings is 1. The van der Waals surface area contributed by atoms with Gasteiger partial charge in [-0.25, -0.2) is 9.18 Å². The number of nitrogens with one attached hydrogen (secondary N) is 1. The van der Waals surface area contributed by atoms with Crippen LogP contribution in [0, 0.1) is 35.4 Å². The van der Waals surface area contributed by atoms with Crippen molar-refractivity contribution >= 4 is 18.1 Å².